The topological polar surface area (TPSA) is 77.0 Å². The molecular formula is C14H11ClN4O2S2. The lowest BCUT2D eigenvalue weighted by Gasteiger charge is -2.02. The molecule has 9 heteroatoms. The number of carbonyl (C=O) groups excluding carboxylic acids is 1. The Morgan fingerprint density at radius 2 is 2.13 bits per heavy atom. The molecule has 0 fully saturated rings. The normalized spacial score (nSPS) is 10.5. The maximum absolute atomic E-state index is 11.9. The maximum atomic E-state index is 11.9. The molecule has 118 valence electrons. The van der Waals surface area contributed by atoms with Gasteiger partial charge >= 0.3 is 5.97 Å². The highest BCUT2D eigenvalue weighted by atomic mass is 35.5. The predicted molar refractivity (Wildman–Crippen MR) is 89.9 cm³/mol. The number of carbonyl (C=O) groups is 1. The van der Waals surface area contributed by atoms with Gasteiger partial charge in [-0.3, -0.25) is 0 Å². The van der Waals surface area contributed by atoms with Crippen LogP contribution in [0.3, 0.4) is 0 Å². The average molecular weight is 367 g/mol. The van der Waals surface area contributed by atoms with Gasteiger partial charge in [0.2, 0.25) is 0 Å². The van der Waals surface area contributed by atoms with E-state index in [4.69, 9.17) is 16.3 Å². The van der Waals surface area contributed by atoms with Crippen LogP contribution >= 0.6 is 34.5 Å². The van der Waals surface area contributed by atoms with Crippen LogP contribution in [0.15, 0.2) is 35.7 Å². The predicted octanol–water partition coefficient (Wildman–Crippen LogP) is 3.62. The number of aromatic nitrogens is 3. The Balaban J connectivity index is 1.54. The first kappa shape index (κ1) is 15.9. The number of halogens is 1. The van der Waals surface area contributed by atoms with E-state index in [0.29, 0.717) is 21.7 Å². The smallest absolute Gasteiger partial charge is 0.358 e. The van der Waals surface area contributed by atoms with Crippen molar-refractivity contribution in [2.45, 2.75) is 13.2 Å². The SMILES string of the molecule is O=C(OCc1nnsc1Cl)c1csc(NCc2ccccc2)n1. The van der Waals surface area contributed by atoms with Crippen molar-refractivity contribution in [1.29, 1.82) is 0 Å². The van der Waals surface area contributed by atoms with Crippen LogP contribution in [0.1, 0.15) is 21.7 Å². The Morgan fingerprint density at radius 1 is 1.30 bits per heavy atom. The number of nitrogens with one attached hydrogen (secondary N) is 1. The molecule has 0 saturated heterocycles. The van der Waals surface area contributed by atoms with Gasteiger partial charge < -0.3 is 10.1 Å². The zero-order chi connectivity index (χ0) is 16.1. The molecule has 3 aromatic rings. The van der Waals surface area contributed by atoms with Crippen LogP contribution in [0, 0.1) is 0 Å². The van der Waals surface area contributed by atoms with Crippen molar-refractivity contribution in [1.82, 2.24) is 14.6 Å². The van der Waals surface area contributed by atoms with E-state index in [0.717, 1.165) is 17.1 Å². The van der Waals surface area contributed by atoms with E-state index >= 15 is 0 Å². The van der Waals surface area contributed by atoms with Crippen LogP contribution in [-0.2, 0) is 17.9 Å². The second kappa shape index (κ2) is 7.49. The number of anilines is 1. The van der Waals surface area contributed by atoms with Gasteiger partial charge in [-0.1, -0.05) is 46.4 Å². The zero-order valence-electron chi connectivity index (χ0n) is 11.7. The summed E-state index contributed by atoms with van der Waals surface area (Å²) in [5.74, 6) is -0.516. The number of thiazole rings is 1. The largest absolute Gasteiger partial charge is 0.454 e. The number of rotatable bonds is 6. The monoisotopic (exact) mass is 366 g/mol. The molecule has 0 spiro atoms. The third kappa shape index (κ3) is 4.25. The molecule has 0 unspecified atom stereocenters. The van der Waals surface area contributed by atoms with E-state index in [1.165, 1.54) is 11.3 Å². The molecular weight excluding hydrogens is 356 g/mol. The van der Waals surface area contributed by atoms with Crippen LogP contribution in [0.2, 0.25) is 4.34 Å². The molecule has 0 amide bonds. The van der Waals surface area contributed by atoms with Gasteiger partial charge in [0.05, 0.1) is 0 Å². The minimum atomic E-state index is -0.516. The lowest BCUT2D eigenvalue weighted by atomic mass is 10.2. The number of hydrogen-bond donors (Lipinski definition) is 1. The van der Waals surface area contributed by atoms with Gasteiger partial charge in [-0.05, 0) is 5.56 Å². The molecule has 6 nitrogen and oxygen atoms in total. The Bertz CT molecular complexity index is 791. The highest BCUT2D eigenvalue weighted by Gasteiger charge is 2.14. The molecule has 1 aromatic carbocycles. The van der Waals surface area contributed by atoms with Crippen molar-refractivity contribution >= 4 is 45.6 Å². The summed E-state index contributed by atoms with van der Waals surface area (Å²) >= 11 is 8.25. The van der Waals surface area contributed by atoms with E-state index in [-0.39, 0.29) is 12.3 Å². The van der Waals surface area contributed by atoms with Crippen LogP contribution in [0.5, 0.6) is 0 Å². The van der Waals surface area contributed by atoms with Crippen molar-refractivity contribution in [2.24, 2.45) is 0 Å². The second-order valence-electron chi connectivity index (χ2n) is 4.45. The zero-order valence-corrected chi connectivity index (χ0v) is 14.1. The summed E-state index contributed by atoms with van der Waals surface area (Å²) in [7, 11) is 0. The molecule has 0 radical (unpaired) electrons. The van der Waals surface area contributed by atoms with Crippen molar-refractivity contribution in [3.8, 4) is 0 Å². The van der Waals surface area contributed by atoms with Crippen LogP contribution in [0.4, 0.5) is 5.13 Å². The van der Waals surface area contributed by atoms with Gasteiger partial charge in [0, 0.05) is 23.5 Å². The Hall–Kier alpha value is -2.03. The third-order valence-corrected chi connectivity index (χ3v) is 4.63. The van der Waals surface area contributed by atoms with Gasteiger partial charge in [0.15, 0.2) is 10.8 Å². The molecule has 1 N–H and O–H groups in total. The number of benzene rings is 1. The summed E-state index contributed by atoms with van der Waals surface area (Å²) in [5.41, 5.74) is 1.84. The molecule has 2 heterocycles. The van der Waals surface area contributed by atoms with E-state index < -0.39 is 5.97 Å². The van der Waals surface area contributed by atoms with Crippen LogP contribution in [-0.4, -0.2) is 20.5 Å². The first-order valence-corrected chi connectivity index (χ1v) is 8.62. The fourth-order valence-corrected chi connectivity index (χ4v) is 2.99. The fraction of sp³-hybridized carbons (Fsp3) is 0.143. The number of nitrogens with zero attached hydrogens (tertiary/aromatic N) is 3. The van der Waals surface area contributed by atoms with Gasteiger partial charge in [0.25, 0.3) is 0 Å². The number of esters is 1. The van der Waals surface area contributed by atoms with Crippen LogP contribution in [0.25, 0.3) is 0 Å². The molecule has 0 aliphatic rings. The first-order chi connectivity index (χ1) is 11.2. The Labute approximate surface area is 145 Å². The second-order valence-corrected chi connectivity index (χ2v) is 6.66. The van der Waals surface area contributed by atoms with Crippen molar-refractivity contribution in [2.75, 3.05) is 5.32 Å². The Kier molecular flexibility index (Phi) is 5.16. The van der Waals surface area contributed by atoms with E-state index in [1.54, 1.807) is 5.38 Å². The lowest BCUT2D eigenvalue weighted by Crippen LogP contribution is -2.07. The summed E-state index contributed by atoms with van der Waals surface area (Å²) in [5, 5.41) is 9.26. The first-order valence-electron chi connectivity index (χ1n) is 6.59. The van der Waals surface area contributed by atoms with Crippen molar-refractivity contribution in [3.63, 3.8) is 0 Å². The third-order valence-electron chi connectivity index (χ3n) is 2.85. The molecule has 0 bridgehead atoms. The number of hydrogen-bond acceptors (Lipinski definition) is 8. The minimum absolute atomic E-state index is 0.0154. The van der Waals surface area contributed by atoms with Crippen molar-refractivity contribution < 1.29 is 9.53 Å². The van der Waals surface area contributed by atoms with E-state index in [9.17, 15) is 4.79 Å². The highest BCUT2D eigenvalue weighted by Crippen LogP contribution is 2.20. The van der Waals surface area contributed by atoms with Gasteiger partial charge in [0.1, 0.15) is 16.6 Å². The summed E-state index contributed by atoms with van der Waals surface area (Å²) < 4.78 is 9.22. The van der Waals surface area contributed by atoms with E-state index in [2.05, 4.69) is 19.9 Å². The highest BCUT2D eigenvalue weighted by molar-refractivity contribution is 7.13. The van der Waals surface area contributed by atoms with Crippen LogP contribution < -0.4 is 5.32 Å². The molecule has 0 saturated carbocycles. The molecule has 0 aliphatic heterocycles. The average Bonchev–Trinajstić information content (AvgIpc) is 3.21. The van der Waals surface area contributed by atoms with Crippen molar-refractivity contribution in [3.05, 3.63) is 57.0 Å². The van der Waals surface area contributed by atoms with Gasteiger partial charge in [-0.25, -0.2) is 9.78 Å². The molecule has 3 rings (SSSR count). The quantitative estimate of drug-likeness (QED) is 0.671. The number of ether oxygens (including phenoxy) is 1. The fourth-order valence-electron chi connectivity index (χ4n) is 1.71. The minimum Gasteiger partial charge on any atom is -0.454 e. The molecule has 2 aromatic heterocycles. The molecule has 0 aliphatic carbocycles. The summed E-state index contributed by atoms with van der Waals surface area (Å²) in [6.07, 6.45) is 0. The van der Waals surface area contributed by atoms with E-state index in [1.807, 2.05) is 30.3 Å². The summed E-state index contributed by atoms with van der Waals surface area (Å²) in [4.78, 5) is 16.2. The Morgan fingerprint density at radius 3 is 2.87 bits per heavy atom. The molecule has 0 atom stereocenters. The van der Waals surface area contributed by atoms with Gasteiger partial charge in [-0.15, -0.1) is 16.4 Å². The molecule has 23 heavy (non-hydrogen) atoms. The summed E-state index contributed by atoms with van der Waals surface area (Å²) in [6.45, 7) is 0.626. The summed E-state index contributed by atoms with van der Waals surface area (Å²) in [6, 6.07) is 9.94. The lowest BCUT2D eigenvalue weighted by molar-refractivity contribution is 0.0462. The van der Waals surface area contributed by atoms with Gasteiger partial charge in [-0.2, -0.15) is 0 Å². The standard InChI is InChI=1S/C14H11ClN4O2S2/c15-12-10(18-19-23-12)7-21-13(20)11-8-22-14(17-11)16-6-9-4-2-1-3-5-9/h1-5,8H,6-7H2,(H,16,17). The maximum Gasteiger partial charge on any atom is 0.358 e.